The van der Waals surface area contributed by atoms with Crippen molar-refractivity contribution in [3.8, 4) is 0 Å². The fourth-order valence-corrected chi connectivity index (χ4v) is 2.55. The van der Waals surface area contributed by atoms with Crippen molar-refractivity contribution in [1.82, 2.24) is 9.88 Å². The molecule has 0 unspecified atom stereocenters. The van der Waals surface area contributed by atoms with Crippen molar-refractivity contribution >= 4 is 18.0 Å². The van der Waals surface area contributed by atoms with Gasteiger partial charge in [-0.05, 0) is 36.2 Å². The van der Waals surface area contributed by atoms with Crippen molar-refractivity contribution in [2.24, 2.45) is 5.90 Å². The minimum absolute atomic E-state index is 0. The van der Waals surface area contributed by atoms with Gasteiger partial charge in [-0.25, -0.2) is 0 Å². The second-order valence-electron chi connectivity index (χ2n) is 5.07. The van der Waals surface area contributed by atoms with Crippen molar-refractivity contribution in [2.75, 3.05) is 13.1 Å². The first-order valence-electron chi connectivity index (χ1n) is 7.30. The summed E-state index contributed by atoms with van der Waals surface area (Å²) in [6.07, 6.45) is 2.44. The smallest absolute Gasteiger partial charge is 0.317 e. The maximum Gasteiger partial charge on any atom is 0.317 e. The van der Waals surface area contributed by atoms with Gasteiger partial charge in [0.05, 0.1) is 24.3 Å². The van der Waals surface area contributed by atoms with Gasteiger partial charge in [0.25, 0.3) is 0 Å². The van der Waals surface area contributed by atoms with Crippen LogP contribution in [0.15, 0.2) is 53.6 Å². The first kappa shape index (κ1) is 21.7. The van der Waals surface area contributed by atoms with Crippen LogP contribution in [0.25, 0.3) is 0 Å². The number of carbonyl (C=O) groups is 1. The van der Waals surface area contributed by atoms with Gasteiger partial charge >= 0.3 is 5.97 Å². The summed E-state index contributed by atoms with van der Waals surface area (Å²) < 4.78 is 4.58. The van der Waals surface area contributed by atoms with E-state index < -0.39 is 5.97 Å². The zero-order valence-corrected chi connectivity index (χ0v) is 16.9. The number of nitrogens with two attached hydrogens (primary N) is 1. The molecular formula is C16H19N3O4ReS. The average Bonchev–Trinajstić information content (AvgIpc) is 2.59. The summed E-state index contributed by atoms with van der Waals surface area (Å²) in [5.74, 6) is 3.94. The van der Waals surface area contributed by atoms with Gasteiger partial charge < -0.3 is 5.11 Å². The van der Waals surface area contributed by atoms with Crippen molar-refractivity contribution in [1.29, 1.82) is 0 Å². The number of hydrogen-bond donors (Lipinski definition) is 2. The molecule has 25 heavy (non-hydrogen) atoms. The molecule has 2 rings (SSSR count). The Morgan fingerprint density at radius 3 is 2.60 bits per heavy atom. The number of aromatic nitrogens is 1. The summed E-state index contributed by atoms with van der Waals surface area (Å²) in [7, 11) is 0. The third-order valence-electron chi connectivity index (χ3n) is 3.28. The van der Waals surface area contributed by atoms with E-state index in [-0.39, 0.29) is 27.0 Å². The van der Waals surface area contributed by atoms with E-state index >= 15 is 0 Å². The fraction of sp³-hybridized carbons (Fsp3) is 0.250. The van der Waals surface area contributed by atoms with Crippen LogP contribution in [0.2, 0.25) is 0 Å². The predicted octanol–water partition coefficient (Wildman–Crippen LogP) is 2.04. The molecule has 0 saturated carbocycles. The molecule has 0 bridgehead atoms. The topological polar surface area (TPSA) is 97.9 Å². The summed E-state index contributed by atoms with van der Waals surface area (Å²) in [4.78, 5) is 22.1. The molecule has 1 heterocycles. The summed E-state index contributed by atoms with van der Waals surface area (Å²) in [5.41, 5.74) is 1.95. The molecule has 0 atom stereocenters. The molecular weight excluding hydrogens is 516 g/mol. The van der Waals surface area contributed by atoms with Crippen molar-refractivity contribution in [2.45, 2.75) is 17.9 Å². The summed E-state index contributed by atoms with van der Waals surface area (Å²) in [5, 5.41) is 9.08. The molecule has 0 amide bonds. The number of carboxylic acid groups (broad SMARTS) is 1. The largest absolute Gasteiger partial charge is 0.480 e. The quantitative estimate of drug-likeness (QED) is 0.271. The monoisotopic (exact) mass is 536 g/mol. The Bertz CT molecular complexity index is 631. The molecule has 0 aliphatic carbocycles. The molecule has 1 aromatic carbocycles. The van der Waals surface area contributed by atoms with E-state index in [0.717, 1.165) is 34.6 Å². The molecule has 0 saturated heterocycles. The van der Waals surface area contributed by atoms with E-state index in [0.29, 0.717) is 13.1 Å². The molecule has 135 valence electrons. The molecule has 7 nitrogen and oxygen atoms in total. The second kappa shape index (κ2) is 12.1. The van der Waals surface area contributed by atoms with Gasteiger partial charge in [-0.2, -0.15) is 5.90 Å². The second-order valence-corrected chi connectivity index (χ2v) is 5.84. The van der Waals surface area contributed by atoms with Crippen LogP contribution >= 0.6 is 12.0 Å². The van der Waals surface area contributed by atoms with E-state index in [1.54, 1.807) is 6.20 Å². The number of aliphatic carboxylic acids is 1. The Morgan fingerprint density at radius 1 is 1.24 bits per heavy atom. The van der Waals surface area contributed by atoms with E-state index in [9.17, 15) is 4.79 Å². The van der Waals surface area contributed by atoms with Crippen LogP contribution in [0.5, 0.6) is 0 Å². The summed E-state index contributed by atoms with van der Waals surface area (Å²) in [6.45, 7) is 1.10. The molecule has 2 aromatic rings. The van der Waals surface area contributed by atoms with Crippen LogP contribution in [0, 0.1) is 0 Å². The number of benzene rings is 1. The van der Waals surface area contributed by atoms with E-state index in [1.165, 1.54) is 0 Å². The van der Waals surface area contributed by atoms with Crippen molar-refractivity contribution in [3.63, 3.8) is 0 Å². The SMILES string of the molecule is NOOSc1ccc(CCN(CC(=O)O)Cc2ccccn2)cc1.[Re]. The summed E-state index contributed by atoms with van der Waals surface area (Å²) >= 11 is 1.02. The maximum atomic E-state index is 11.1. The Hall–Kier alpha value is -1.31. The Labute approximate surface area is 164 Å². The van der Waals surface area contributed by atoms with Crippen LogP contribution in [0.4, 0.5) is 0 Å². The zero-order chi connectivity index (χ0) is 17.2. The van der Waals surface area contributed by atoms with Gasteiger partial charge in [-0.3, -0.25) is 14.7 Å². The molecule has 0 spiro atoms. The van der Waals surface area contributed by atoms with Gasteiger partial charge in [-0.1, -0.05) is 18.2 Å². The third kappa shape index (κ3) is 8.56. The average molecular weight is 536 g/mol. The van der Waals surface area contributed by atoms with E-state index in [2.05, 4.69) is 14.3 Å². The number of pyridine rings is 1. The molecule has 0 aliphatic rings. The number of rotatable bonds is 10. The Kier molecular flexibility index (Phi) is 10.5. The van der Waals surface area contributed by atoms with Crippen LogP contribution in [-0.4, -0.2) is 34.0 Å². The van der Waals surface area contributed by atoms with Gasteiger partial charge in [0, 0.05) is 44.6 Å². The standard InChI is InChI=1S/C16H19N3O4S.Re/c17-22-23-24-15-6-4-13(5-7-15)8-10-19(12-16(20)21)11-14-3-1-2-9-18-14;/h1-7,9H,8,10-12,17H2,(H,20,21);. The first-order chi connectivity index (χ1) is 11.7. The number of hydrogen-bond acceptors (Lipinski definition) is 7. The normalized spacial score (nSPS) is 10.5. The Balaban J connectivity index is 0.00000312. The van der Waals surface area contributed by atoms with Crippen molar-refractivity contribution < 1.29 is 39.6 Å². The van der Waals surface area contributed by atoms with Gasteiger partial charge in [-0.15, -0.1) is 9.32 Å². The van der Waals surface area contributed by atoms with Crippen molar-refractivity contribution in [3.05, 3.63) is 59.9 Å². The minimum Gasteiger partial charge on any atom is -0.480 e. The zero-order valence-electron chi connectivity index (χ0n) is 13.4. The van der Waals surface area contributed by atoms with Gasteiger partial charge in [0.2, 0.25) is 0 Å². The fourth-order valence-electron chi connectivity index (χ4n) is 2.18. The van der Waals surface area contributed by atoms with E-state index in [4.69, 9.17) is 11.0 Å². The molecule has 3 N–H and O–H groups in total. The summed E-state index contributed by atoms with van der Waals surface area (Å²) in [6, 6.07) is 13.3. The van der Waals surface area contributed by atoms with Crippen LogP contribution in [0.1, 0.15) is 11.3 Å². The van der Waals surface area contributed by atoms with Gasteiger partial charge in [0.1, 0.15) is 0 Å². The maximum absolute atomic E-state index is 11.1. The molecule has 1 aromatic heterocycles. The minimum atomic E-state index is -0.850. The predicted molar refractivity (Wildman–Crippen MR) is 89.5 cm³/mol. The van der Waals surface area contributed by atoms with E-state index in [1.807, 2.05) is 47.4 Å². The molecule has 1 radical (unpaired) electrons. The number of carboxylic acids is 1. The van der Waals surface area contributed by atoms with Gasteiger partial charge in [0.15, 0.2) is 0 Å². The number of nitrogens with zero attached hydrogens (tertiary/aromatic N) is 2. The molecule has 0 fully saturated rings. The third-order valence-corrected chi connectivity index (χ3v) is 3.89. The van der Waals surface area contributed by atoms with Crippen LogP contribution in [-0.2, 0) is 47.5 Å². The van der Waals surface area contributed by atoms with Crippen LogP contribution in [0.3, 0.4) is 0 Å². The molecule has 9 heteroatoms. The Morgan fingerprint density at radius 2 is 2.00 bits per heavy atom. The molecule has 0 aliphatic heterocycles. The van der Waals surface area contributed by atoms with Crippen LogP contribution < -0.4 is 5.90 Å². The first-order valence-corrected chi connectivity index (χ1v) is 8.04.